The molecule has 196 valence electrons. The number of benzene rings is 2. The summed E-state index contributed by atoms with van der Waals surface area (Å²) in [6.07, 6.45) is 1.65. The van der Waals surface area contributed by atoms with Crippen molar-refractivity contribution in [3.63, 3.8) is 0 Å². The fourth-order valence-corrected chi connectivity index (χ4v) is 4.24. The average Bonchev–Trinajstić information content (AvgIpc) is 3.35. The maximum atomic E-state index is 14.0. The molecule has 8 nitrogen and oxygen atoms in total. The van der Waals surface area contributed by atoms with Gasteiger partial charge in [-0.2, -0.15) is 5.10 Å². The Hall–Kier alpha value is -3.56. The first-order chi connectivity index (χ1) is 18.0. The number of hydrogen-bond donors (Lipinski definition) is 1. The van der Waals surface area contributed by atoms with Crippen LogP contribution >= 0.6 is 0 Å². The van der Waals surface area contributed by atoms with E-state index in [0.29, 0.717) is 48.5 Å². The van der Waals surface area contributed by atoms with Crippen LogP contribution in [0.1, 0.15) is 35.8 Å². The summed E-state index contributed by atoms with van der Waals surface area (Å²) < 4.78 is 26.1. The lowest BCUT2D eigenvalue weighted by molar-refractivity contribution is -0.121. The van der Waals surface area contributed by atoms with Gasteiger partial charge in [0.25, 0.3) is 0 Å². The minimum absolute atomic E-state index is 0.0253. The second kappa shape index (κ2) is 13.1. The van der Waals surface area contributed by atoms with E-state index in [1.807, 2.05) is 12.1 Å². The standard InChI is InChI=1S/C28H33FN4O4/c1-2-37-28(35)21-7-10-25(11-8-21)33-26(22-5-3-6-23(29)19-22)20-24(31-33)9-12-27(34)30-13-4-14-32-15-17-36-18-16-32/h3,5-8,10-11,19-20H,2,4,9,12-18H2,1H3,(H,30,34). The largest absolute Gasteiger partial charge is 0.462 e. The summed E-state index contributed by atoms with van der Waals surface area (Å²) in [6, 6.07) is 15.1. The first kappa shape index (κ1) is 26.5. The van der Waals surface area contributed by atoms with E-state index in [4.69, 9.17) is 14.6 Å². The predicted molar refractivity (Wildman–Crippen MR) is 138 cm³/mol. The van der Waals surface area contributed by atoms with E-state index in [2.05, 4.69) is 10.2 Å². The van der Waals surface area contributed by atoms with Gasteiger partial charge in [-0.15, -0.1) is 0 Å². The summed E-state index contributed by atoms with van der Waals surface area (Å²) >= 11 is 0. The number of carbonyl (C=O) groups is 2. The second-order valence-corrected chi connectivity index (χ2v) is 8.87. The van der Waals surface area contributed by atoms with Crippen molar-refractivity contribution in [1.29, 1.82) is 0 Å². The third-order valence-corrected chi connectivity index (χ3v) is 6.19. The van der Waals surface area contributed by atoms with Crippen molar-refractivity contribution in [2.45, 2.75) is 26.2 Å². The number of aryl methyl sites for hydroxylation is 1. The highest BCUT2D eigenvalue weighted by Gasteiger charge is 2.15. The van der Waals surface area contributed by atoms with Crippen molar-refractivity contribution in [2.24, 2.45) is 0 Å². The molecule has 0 unspecified atom stereocenters. The van der Waals surface area contributed by atoms with Crippen LogP contribution in [0.15, 0.2) is 54.6 Å². The molecule has 0 radical (unpaired) electrons. The van der Waals surface area contributed by atoms with Gasteiger partial charge in [0.1, 0.15) is 5.82 Å². The van der Waals surface area contributed by atoms with Gasteiger partial charge >= 0.3 is 5.97 Å². The Morgan fingerprint density at radius 2 is 1.89 bits per heavy atom. The average molecular weight is 509 g/mol. The van der Waals surface area contributed by atoms with E-state index < -0.39 is 5.97 Å². The lowest BCUT2D eigenvalue weighted by atomic mass is 10.1. The van der Waals surface area contributed by atoms with E-state index in [9.17, 15) is 14.0 Å². The first-order valence-corrected chi connectivity index (χ1v) is 12.7. The molecule has 1 fully saturated rings. The van der Waals surface area contributed by atoms with Crippen LogP contribution in [0.5, 0.6) is 0 Å². The Kier molecular flexibility index (Phi) is 9.40. The highest BCUT2D eigenvalue weighted by molar-refractivity contribution is 5.89. The summed E-state index contributed by atoms with van der Waals surface area (Å²) in [5, 5.41) is 7.69. The molecule has 1 amide bonds. The number of aromatic nitrogens is 2. The maximum absolute atomic E-state index is 14.0. The summed E-state index contributed by atoms with van der Waals surface area (Å²) in [5.41, 5.74) is 3.24. The fraction of sp³-hybridized carbons (Fsp3) is 0.393. The second-order valence-electron chi connectivity index (χ2n) is 8.87. The van der Waals surface area contributed by atoms with Crippen molar-refractivity contribution in [2.75, 3.05) is 46.0 Å². The summed E-state index contributed by atoms with van der Waals surface area (Å²) in [5.74, 6) is -0.764. The molecule has 0 saturated carbocycles. The van der Waals surface area contributed by atoms with Gasteiger partial charge in [0.2, 0.25) is 5.91 Å². The smallest absolute Gasteiger partial charge is 0.338 e. The number of amides is 1. The first-order valence-electron chi connectivity index (χ1n) is 12.7. The van der Waals surface area contributed by atoms with Gasteiger partial charge in [-0.25, -0.2) is 13.9 Å². The van der Waals surface area contributed by atoms with Crippen LogP contribution in [-0.2, 0) is 20.7 Å². The van der Waals surface area contributed by atoms with Crippen LogP contribution in [-0.4, -0.2) is 72.6 Å². The maximum Gasteiger partial charge on any atom is 0.338 e. The molecule has 9 heteroatoms. The van der Waals surface area contributed by atoms with Crippen LogP contribution < -0.4 is 5.32 Å². The summed E-state index contributed by atoms with van der Waals surface area (Å²) in [4.78, 5) is 26.8. The van der Waals surface area contributed by atoms with Crippen LogP contribution in [0.25, 0.3) is 16.9 Å². The van der Waals surface area contributed by atoms with Gasteiger partial charge < -0.3 is 14.8 Å². The van der Waals surface area contributed by atoms with Gasteiger partial charge in [-0.05, 0) is 62.4 Å². The minimum Gasteiger partial charge on any atom is -0.462 e. The number of carbonyl (C=O) groups excluding carboxylic acids is 2. The number of rotatable bonds is 11. The molecule has 2 aromatic carbocycles. The quantitative estimate of drug-likeness (QED) is 0.315. The normalized spacial score (nSPS) is 13.9. The molecule has 1 aliphatic rings. The highest BCUT2D eigenvalue weighted by Crippen LogP contribution is 2.25. The summed E-state index contributed by atoms with van der Waals surface area (Å²) in [7, 11) is 0. The molecule has 0 spiro atoms. The molecule has 2 heterocycles. The highest BCUT2D eigenvalue weighted by atomic mass is 19.1. The predicted octanol–water partition coefficient (Wildman–Crippen LogP) is 3.63. The topological polar surface area (TPSA) is 85.7 Å². The molecule has 0 bridgehead atoms. The van der Waals surface area contributed by atoms with E-state index in [0.717, 1.165) is 45.0 Å². The number of esters is 1. The van der Waals surface area contributed by atoms with E-state index in [1.54, 1.807) is 41.9 Å². The Balaban J connectivity index is 1.41. The molecule has 3 aromatic rings. The zero-order valence-corrected chi connectivity index (χ0v) is 21.1. The molecule has 0 aliphatic carbocycles. The molecule has 1 aromatic heterocycles. The number of morpholine rings is 1. The Morgan fingerprint density at radius 3 is 2.62 bits per heavy atom. The van der Waals surface area contributed by atoms with Crippen molar-refractivity contribution in [3.8, 4) is 16.9 Å². The lowest BCUT2D eigenvalue weighted by Gasteiger charge is -2.26. The van der Waals surface area contributed by atoms with Crippen molar-refractivity contribution < 1.29 is 23.5 Å². The summed E-state index contributed by atoms with van der Waals surface area (Å²) in [6.45, 7) is 7.05. The number of nitrogens with zero attached hydrogens (tertiary/aromatic N) is 3. The Bertz CT molecular complexity index is 1190. The zero-order valence-electron chi connectivity index (χ0n) is 21.1. The number of ether oxygens (including phenoxy) is 2. The molecule has 4 rings (SSSR count). The van der Waals surface area contributed by atoms with Gasteiger partial charge in [-0.3, -0.25) is 9.69 Å². The van der Waals surface area contributed by atoms with Crippen LogP contribution in [0.4, 0.5) is 4.39 Å². The number of nitrogens with one attached hydrogen (secondary N) is 1. The molecular weight excluding hydrogens is 475 g/mol. The van der Waals surface area contributed by atoms with Gasteiger partial charge in [0.15, 0.2) is 0 Å². The third-order valence-electron chi connectivity index (χ3n) is 6.19. The van der Waals surface area contributed by atoms with Crippen LogP contribution in [0, 0.1) is 5.82 Å². The minimum atomic E-state index is -0.392. The van der Waals surface area contributed by atoms with Crippen molar-refractivity contribution >= 4 is 11.9 Å². The fourth-order valence-electron chi connectivity index (χ4n) is 4.24. The molecule has 1 N–H and O–H groups in total. The Morgan fingerprint density at radius 1 is 1.11 bits per heavy atom. The van der Waals surface area contributed by atoms with Crippen molar-refractivity contribution in [3.05, 3.63) is 71.7 Å². The van der Waals surface area contributed by atoms with Gasteiger partial charge in [0.05, 0.1) is 42.5 Å². The number of halogens is 1. The van der Waals surface area contributed by atoms with Crippen LogP contribution in [0.2, 0.25) is 0 Å². The zero-order chi connectivity index (χ0) is 26.0. The molecular formula is C28H33FN4O4. The molecule has 1 saturated heterocycles. The number of hydrogen-bond acceptors (Lipinski definition) is 6. The van der Waals surface area contributed by atoms with Gasteiger partial charge in [0, 0.05) is 38.0 Å². The molecule has 37 heavy (non-hydrogen) atoms. The third kappa shape index (κ3) is 7.47. The molecule has 0 atom stereocenters. The van der Waals surface area contributed by atoms with Crippen molar-refractivity contribution in [1.82, 2.24) is 20.0 Å². The van der Waals surface area contributed by atoms with Crippen LogP contribution in [0.3, 0.4) is 0 Å². The Labute approximate surface area is 216 Å². The van der Waals surface area contributed by atoms with Gasteiger partial charge in [-0.1, -0.05) is 12.1 Å². The van der Waals surface area contributed by atoms with E-state index >= 15 is 0 Å². The lowest BCUT2D eigenvalue weighted by Crippen LogP contribution is -2.38. The van der Waals surface area contributed by atoms with E-state index in [-0.39, 0.29) is 11.7 Å². The monoisotopic (exact) mass is 508 g/mol. The SMILES string of the molecule is CCOC(=O)c1ccc(-n2nc(CCC(=O)NCCCN3CCOCC3)cc2-c2cccc(F)c2)cc1. The molecule has 1 aliphatic heterocycles. The van der Waals surface area contributed by atoms with E-state index in [1.165, 1.54) is 12.1 Å².